The summed E-state index contributed by atoms with van der Waals surface area (Å²) in [4.78, 5) is 15.7. The van der Waals surface area contributed by atoms with E-state index in [0.29, 0.717) is 43.5 Å². The van der Waals surface area contributed by atoms with Gasteiger partial charge in [0.25, 0.3) is 0 Å². The van der Waals surface area contributed by atoms with E-state index in [9.17, 15) is 18.0 Å². The summed E-state index contributed by atoms with van der Waals surface area (Å²) >= 11 is 0. The summed E-state index contributed by atoms with van der Waals surface area (Å²) in [5.41, 5.74) is 1.16. The Morgan fingerprint density at radius 2 is 1.84 bits per heavy atom. The normalized spacial score (nSPS) is 11.4. The highest BCUT2D eigenvalue weighted by Gasteiger charge is 2.30. The summed E-state index contributed by atoms with van der Waals surface area (Å²) < 4.78 is 43.1. The largest absolute Gasteiger partial charge is 0.421 e. The lowest BCUT2D eigenvalue weighted by molar-refractivity contribution is -0.137. The number of nitrogens with zero attached hydrogens (tertiary/aromatic N) is 3. The fraction of sp³-hybridized carbons (Fsp3) is 0.333. The SMILES string of the molecule is Cc1ccc(-c2nnc(CCC(=O)NCCCNc3ccc(C(F)(F)F)cn3)o2)cc1. The third-order valence-electron chi connectivity index (χ3n) is 4.40. The van der Waals surface area contributed by atoms with Gasteiger partial charge >= 0.3 is 6.18 Å². The molecule has 10 heteroatoms. The predicted molar refractivity (Wildman–Crippen MR) is 108 cm³/mol. The predicted octanol–water partition coefficient (Wildman–Crippen LogP) is 4.01. The van der Waals surface area contributed by atoms with E-state index in [1.807, 2.05) is 31.2 Å². The minimum Gasteiger partial charge on any atom is -0.421 e. The van der Waals surface area contributed by atoms with Gasteiger partial charge in [-0.05, 0) is 37.6 Å². The maximum Gasteiger partial charge on any atom is 0.417 e. The number of hydrogen-bond acceptors (Lipinski definition) is 6. The van der Waals surface area contributed by atoms with Crippen molar-refractivity contribution in [2.75, 3.05) is 18.4 Å². The molecule has 0 aliphatic carbocycles. The van der Waals surface area contributed by atoms with Gasteiger partial charge in [0.05, 0.1) is 5.56 Å². The molecular formula is C21H22F3N5O2. The van der Waals surface area contributed by atoms with Crippen LogP contribution in [0.25, 0.3) is 11.5 Å². The molecule has 1 aromatic carbocycles. The molecule has 2 N–H and O–H groups in total. The van der Waals surface area contributed by atoms with E-state index in [1.165, 1.54) is 6.07 Å². The first kappa shape index (κ1) is 22.3. The third kappa shape index (κ3) is 6.80. The lowest BCUT2D eigenvalue weighted by Crippen LogP contribution is -2.26. The minimum atomic E-state index is -4.40. The van der Waals surface area contributed by atoms with Crippen LogP contribution in [0.4, 0.5) is 19.0 Å². The lowest BCUT2D eigenvalue weighted by atomic mass is 10.1. The number of halogens is 3. The molecule has 3 rings (SSSR count). The Balaban J connectivity index is 1.32. The van der Waals surface area contributed by atoms with Crippen molar-refractivity contribution in [1.82, 2.24) is 20.5 Å². The molecule has 0 unspecified atom stereocenters. The lowest BCUT2D eigenvalue weighted by Gasteiger charge is -2.09. The Morgan fingerprint density at radius 1 is 1.06 bits per heavy atom. The molecular weight excluding hydrogens is 411 g/mol. The summed E-state index contributed by atoms with van der Waals surface area (Å²) in [7, 11) is 0. The number of pyridine rings is 1. The number of nitrogens with one attached hydrogen (secondary N) is 2. The first-order chi connectivity index (χ1) is 14.8. The van der Waals surface area contributed by atoms with Crippen molar-refractivity contribution in [3.8, 4) is 11.5 Å². The molecule has 0 radical (unpaired) electrons. The Labute approximate surface area is 177 Å². The number of rotatable bonds is 9. The number of alkyl halides is 3. The van der Waals surface area contributed by atoms with Crippen molar-refractivity contribution in [3.63, 3.8) is 0 Å². The van der Waals surface area contributed by atoms with Crippen molar-refractivity contribution in [2.24, 2.45) is 0 Å². The Morgan fingerprint density at radius 3 is 2.52 bits per heavy atom. The van der Waals surface area contributed by atoms with Gasteiger partial charge in [0.1, 0.15) is 5.82 Å². The van der Waals surface area contributed by atoms with Crippen molar-refractivity contribution in [1.29, 1.82) is 0 Å². The van der Waals surface area contributed by atoms with E-state index in [0.717, 1.165) is 23.4 Å². The second-order valence-electron chi connectivity index (χ2n) is 6.93. The standard InChI is InChI=1S/C21H22F3N5O2/c1-14-3-5-15(6-4-14)20-29-28-19(31-20)10-9-18(30)26-12-2-11-25-17-8-7-16(13-27-17)21(22,23)24/h3-8,13H,2,9-12H2,1H3,(H,25,27)(H,26,30). The maximum atomic E-state index is 12.5. The van der Waals surface area contributed by atoms with Crippen LogP contribution in [0.1, 0.15) is 29.9 Å². The van der Waals surface area contributed by atoms with Crippen LogP contribution in [0.15, 0.2) is 47.0 Å². The van der Waals surface area contributed by atoms with Crippen LogP contribution in [0.3, 0.4) is 0 Å². The molecule has 164 valence electrons. The van der Waals surface area contributed by atoms with Crippen molar-refractivity contribution >= 4 is 11.7 Å². The van der Waals surface area contributed by atoms with Gasteiger partial charge in [0, 0.05) is 37.7 Å². The van der Waals surface area contributed by atoms with Gasteiger partial charge in [-0.1, -0.05) is 17.7 Å². The number of benzene rings is 1. The summed E-state index contributed by atoms with van der Waals surface area (Å²) in [5.74, 6) is 1.00. The van der Waals surface area contributed by atoms with E-state index in [4.69, 9.17) is 4.42 Å². The zero-order valence-electron chi connectivity index (χ0n) is 16.9. The zero-order valence-corrected chi connectivity index (χ0v) is 16.9. The molecule has 0 fully saturated rings. The van der Waals surface area contributed by atoms with Gasteiger partial charge in [-0.2, -0.15) is 13.2 Å². The number of aromatic nitrogens is 3. The molecule has 0 spiro atoms. The first-order valence-corrected chi connectivity index (χ1v) is 9.74. The van der Waals surface area contributed by atoms with Crippen LogP contribution in [-0.2, 0) is 17.4 Å². The number of amides is 1. The van der Waals surface area contributed by atoms with E-state index in [-0.39, 0.29) is 12.3 Å². The first-order valence-electron chi connectivity index (χ1n) is 9.74. The molecule has 7 nitrogen and oxygen atoms in total. The second kappa shape index (κ2) is 10.1. The average Bonchev–Trinajstić information content (AvgIpc) is 3.21. The molecule has 0 atom stereocenters. The molecule has 2 aromatic heterocycles. The molecule has 1 amide bonds. The molecule has 0 aliphatic rings. The van der Waals surface area contributed by atoms with Gasteiger partial charge in [0.2, 0.25) is 17.7 Å². The Bertz CT molecular complexity index is 985. The minimum absolute atomic E-state index is 0.150. The van der Waals surface area contributed by atoms with Gasteiger partial charge in [-0.15, -0.1) is 10.2 Å². The molecule has 0 aliphatic heterocycles. The molecule has 31 heavy (non-hydrogen) atoms. The van der Waals surface area contributed by atoms with Crippen LogP contribution in [0.2, 0.25) is 0 Å². The van der Waals surface area contributed by atoms with Gasteiger partial charge in [-0.25, -0.2) is 4.98 Å². The van der Waals surface area contributed by atoms with Gasteiger partial charge in [0.15, 0.2) is 0 Å². The molecule has 3 aromatic rings. The van der Waals surface area contributed by atoms with E-state index >= 15 is 0 Å². The van der Waals surface area contributed by atoms with Crippen LogP contribution >= 0.6 is 0 Å². The summed E-state index contributed by atoms with van der Waals surface area (Å²) in [5, 5.41) is 13.7. The monoisotopic (exact) mass is 433 g/mol. The fourth-order valence-corrected chi connectivity index (χ4v) is 2.68. The van der Waals surface area contributed by atoms with Crippen molar-refractivity contribution in [3.05, 3.63) is 59.6 Å². The topological polar surface area (TPSA) is 92.9 Å². The van der Waals surface area contributed by atoms with E-state index in [1.54, 1.807) is 0 Å². The number of anilines is 1. The van der Waals surface area contributed by atoms with Gasteiger partial charge < -0.3 is 15.1 Å². The zero-order chi connectivity index (χ0) is 22.3. The average molecular weight is 433 g/mol. The third-order valence-corrected chi connectivity index (χ3v) is 4.40. The Kier molecular flexibility index (Phi) is 7.22. The van der Waals surface area contributed by atoms with E-state index in [2.05, 4.69) is 25.8 Å². The Hall–Kier alpha value is -3.43. The molecule has 0 bridgehead atoms. The fourth-order valence-electron chi connectivity index (χ4n) is 2.68. The quantitative estimate of drug-likeness (QED) is 0.496. The highest BCUT2D eigenvalue weighted by Crippen LogP contribution is 2.28. The summed E-state index contributed by atoms with van der Waals surface area (Å²) in [6, 6.07) is 9.95. The highest BCUT2D eigenvalue weighted by molar-refractivity contribution is 5.75. The smallest absolute Gasteiger partial charge is 0.417 e. The van der Waals surface area contributed by atoms with Crippen LogP contribution < -0.4 is 10.6 Å². The number of carbonyl (C=O) groups excluding carboxylic acids is 1. The summed E-state index contributed by atoms with van der Waals surface area (Å²) in [6.07, 6.45) is -2.49. The number of aryl methyl sites for hydroxylation is 2. The second-order valence-corrected chi connectivity index (χ2v) is 6.93. The van der Waals surface area contributed by atoms with Crippen molar-refractivity contribution < 1.29 is 22.4 Å². The van der Waals surface area contributed by atoms with Crippen LogP contribution in [0.5, 0.6) is 0 Å². The van der Waals surface area contributed by atoms with E-state index < -0.39 is 11.7 Å². The number of hydrogen-bond donors (Lipinski definition) is 2. The highest BCUT2D eigenvalue weighted by atomic mass is 19.4. The molecule has 2 heterocycles. The molecule has 0 saturated carbocycles. The number of carbonyl (C=O) groups is 1. The van der Waals surface area contributed by atoms with Crippen LogP contribution in [-0.4, -0.2) is 34.2 Å². The molecule has 0 saturated heterocycles. The summed E-state index contributed by atoms with van der Waals surface area (Å²) in [6.45, 7) is 2.87. The van der Waals surface area contributed by atoms with Gasteiger partial charge in [-0.3, -0.25) is 4.79 Å². The van der Waals surface area contributed by atoms with Crippen molar-refractivity contribution in [2.45, 2.75) is 32.4 Å². The van der Waals surface area contributed by atoms with Crippen LogP contribution in [0, 0.1) is 6.92 Å². The maximum absolute atomic E-state index is 12.5.